The van der Waals surface area contributed by atoms with Gasteiger partial charge in [-0.25, -0.2) is 9.97 Å². The van der Waals surface area contributed by atoms with E-state index in [-0.39, 0.29) is 12.6 Å². The van der Waals surface area contributed by atoms with Gasteiger partial charge < -0.3 is 20.5 Å². The third kappa shape index (κ3) is 5.03. The number of aliphatic hydroxyl groups is 1. The minimum absolute atomic E-state index is 0.0313. The van der Waals surface area contributed by atoms with Crippen molar-refractivity contribution in [3.05, 3.63) is 11.9 Å². The second-order valence-corrected chi connectivity index (χ2v) is 7.23. The summed E-state index contributed by atoms with van der Waals surface area (Å²) >= 11 is 0. The number of aromatic nitrogens is 2. The van der Waals surface area contributed by atoms with Gasteiger partial charge in [-0.15, -0.1) is 0 Å². The van der Waals surface area contributed by atoms with Gasteiger partial charge in [0.1, 0.15) is 17.5 Å². The zero-order valence-corrected chi connectivity index (χ0v) is 16.2. The summed E-state index contributed by atoms with van der Waals surface area (Å²) in [5.41, 5.74) is -0.445. The van der Waals surface area contributed by atoms with Crippen molar-refractivity contribution < 1.29 is 9.84 Å². The first-order valence-electron chi connectivity index (χ1n) is 9.18. The Balaban J connectivity index is 2.07. The first kappa shape index (κ1) is 19.9. The van der Waals surface area contributed by atoms with Crippen LogP contribution < -0.4 is 10.6 Å². The highest BCUT2D eigenvalue weighted by Crippen LogP contribution is 2.23. The van der Waals surface area contributed by atoms with Crippen LogP contribution in [0.3, 0.4) is 0 Å². The molecular weight excluding hydrogens is 318 g/mol. The van der Waals surface area contributed by atoms with Gasteiger partial charge >= 0.3 is 0 Å². The molecule has 1 fully saturated rings. The van der Waals surface area contributed by atoms with Gasteiger partial charge in [-0.1, -0.05) is 13.3 Å². The van der Waals surface area contributed by atoms with Crippen LogP contribution in [0.1, 0.15) is 39.4 Å². The molecule has 3 N–H and O–H groups in total. The lowest BCUT2D eigenvalue weighted by Gasteiger charge is -2.47. The van der Waals surface area contributed by atoms with E-state index in [9.17, 15) is 5.11 Å². The maximum Gasteiger partial charge on any atom is 0.132 e. The Hall–Kier alpha value is -1.44. The SMILES string of the molecule is CCCC(C)Nc1cc(NC[C@]2(CO)COC[C@@H](C)N2C)nc(C)n1. The van der Waals surface area contributed by atoms with Gasteiger partial charge in [0.2, 0.25) is 0 Å². The van der Waals surface area contributed by atoms with Crippen LogP contribution in [0.15, 0.2) is 6.07 Å². The summed E-state index contributed by atoms with van der Waals surface area (Å²) in [4.78, 5) is 11.1. The standard InChI is InChI=1S/C18H33N5O2/c1-6-7-13(2)20-17-8-16(21-15(4)22-17)19-10-18(11-24)12-25-9-14(3)23(18)5/h8,13-14,24H,6-7,9-12H2,1-5H3,(H2,19,20,21,22)/t13?,14-,18+/m1/s1. The molecule has 0 spiro atoms. The van der Waals surface area contributed by atoms with Gasteiger partial charge in [-0.3, -0.25) is 4.90 Å². The van der Waals surface area contributed by atoms with E-state index in [1.165, 1.54) is 0 Å². The molecule has 0 amide bonds. The maximum atomic E-state index is 9.99. The molecule has 0 saturated carbocycles. The van der Waals surface area contributed by atoms with Crippen molar-refractivity contribution in [2.75, 3.05) is 44.0 Å². The molecule has 0 aliphatic carbocycles. The molecule has 1 unspecified atom stereocenters. The van der Waals surface area contributed by atoms with E-state index in [2.05, 4.69) is 46.3 Å². The number of hydrogen-bond acceptors (Lipinski definition) is 7. The van der Waals surface area contributed by atoms with Crippen LogP contribution >= 0.6 is 0 Å². The van der Waals surface area contributed by atoms with E-state index in [1.807, 2.05) is 20.0 Å². The third-order valence-corrected chi connectivity index (χ3v) is 4.99. The molecule has 0 aromatic carbocycles. The second kappa shape index (κ2) is 8.78. The van der Waals surface area contributed by atoms with Gasteiger partial charge in [0.05, 0.1) is 25.4 Å². The summed E-state index contributed by atoms with van der Waals surface area (Å²) in [6, 6.07) is 2.56. The molecular formula is C18H33N5O2. The molecule has 3 atom stereocenters. The molecule has 1 aliphatic rings. The molecule has 1 aliphatic heterocycles. The van der Waals surface area contributed by atoms with Gasteiger partial charge in [-0.2, -0.15) is 0 Å². The van der Waals surface area contributed by atoms with Crippen LogP contribution in [0.4, 0.5) is 11.6 Å². The van der Waals surface area contributed by atoms with E-state index in [0.717, 1.165) is 30.3 Å². The Morgan fingerprint density at radius 3 is 2.84 bits per heavy atom. The Morgan fingerprint density at radius 2 is 2.16 bits per heavy atom. The smallest absolute Gasteiger partial charge is 0.132 e. The molecule has 7 nitrogen and oxygen atoms in total. The average Bonchev–Trinajstić information content (AvgIpc) is 2.56. The maximum absolute atomic E-state index is 9.99. The highest BCUT2D eigenvalue weighted by Gasteiger charge is 2.40. The van der Waals surface area contributed by atoms with Crippen molar-refractivity contribution in [1.82, 2.24) is 14.9 Å². The Kier molecular flexibility index (Phi) is 6.98. The van der Waals surface area contributed by atoms with Gasteiger partial charge in [0.15, 0.2) is 0 Å². The van der Waals surface area contributed by atoms with Crippen molar-refractivity contribution >= 4 is 11.6 Å². The van der Waals surface area contributed by atoms with Crippen molar-refractivity contribution in [3.8, 4) is 0 Å². The van der Waals surface area contributed by atoms with Crippen LogP contribution in [0.25, 0.3) is 0 Å². The van der Waals surface area contributed by atoms with Crippen LogP contribution in [-0.2, 0) is 4.74 Å². The highest BCUT2D eigenvalue weighted by molar-refractivity contribution is 5.48. The largest absolute Gasteiger partial charge is 0.394 e. The zero-order valence-electron chi connectivity index (χ0n) is 16.2. The quantitative estimate of drug-likeness (QED) is 0.659. The van der Waals surface area contributed by atoms with Gasteiger partial charge in [0.25, 0.3) is 0 Å². The first-order valence-corrected chi connectivity index (χ1v) is 9.18. The molecule has 7 heteroatoms. The van der Waals surface area contributed by atoms with E-state index in [0.29, 0.717) is 25.8 Å². The monoisotopic (exact) mass is 351 g/mol. The molecule has 1 aromatic rings. The fourth-order valence-electron chi connectivity index (χ4n) is 3.23. The summed E-state index contributed by atoms with van der Waals surface area (Å²) in [6.45, 7) is 10.1. The first-order chi connectivity index (χ1) is 11.9. The van der Waals surface area contributed by atoms with Crippen LogP contribution in [0.5, 0.6) is 0 Å². The van der Waals surface area contributed by atoms with Crippen molar-refractivity contribution in [1.29, 1.82) is 0 Å². The van der Waals surface area contributed by atoms with Crippen molar-refractivity contribution in [2.45, 2.75) is 58.2 Å². The molecule has 0 bridgehead atoms. The number of nitrogens with zero attached hydrogens (tertiary/aromatic N) is 3. The van der Waals surface area contributed by atoms with Gasteiger partial charge in [-0.05, 0) is 34.2 Å². The number of nitrogens with one attached hydrogen (secondary N) is 2. The number of rotatable bonds is 8. The number of aliphatic hydroxyl groups excluding tert-OH is 1. The summed E-state index contributed by atoms with van der Waals surface area (Å²) in [5, 5.41) is 16.8. The lowest BCUT2D eigenvalue weighted by Crippen LogP contribution is -2.64. The lowest BCUT2D eigenvalue weighted by molar-refractivity contribution is -0.101. The normalized spacial score (nSPS) is 25.6. The fourth-order valence-corrected chi connectivity index (χ4v) is 3.23. The van der Waals surface area contributed by atoms with Gasteiger partial charge in [0, 0.05) is 24.7 Å². The number of aryl methyl sites for hydroxylation is 1. The Morgan fingerprint density at radius 1 is 1.44 bits per heavy atom. The van der Waals surface area contributed by atoms with Crippen LogP contribution in [-0.4, -0.2) is 71.0 Å². The average molecular weight is 351 g/mol. The Labute approximate surface area is 151 Å². The predicted molar refractivity (Wildman–Crippen MR) is 101 cm³/mol. The number of likely N-dealkylation sites (N-methyl/N-ethyl adjacent to an activating group) is 1. The molecule has 2 heterocycles. The summed E-state index contributed by atoms with van der Waals surface area (Å²) in [7, 11) is 2.04. The predicted octanol–water partition coefficient (Wildman–Crippen LogP) is 1.88. The third-order valence-electron chi connectivity index (χ3n) is 4.99. The topological polar surface area (TPSA) is 82.5 Å². The van der Waals surface area contributed by atoms with Crippen LogP contribution in [0.2, 0.25) is 0 Å². The molecule has 2 rings (SSSR count). The molecule has 1 saturated heterocycles. The molecule has 142 valence electrons. The number of morpholine rings is 1. The van der Waals surface area contributed by atoms with E-state index in [1.54, 1.807) is 0 Å². The molecule has 25 heavy (non-hydrogen) atoms. The lowest BCUT2D eigenvalue weighted by atomic mass is 9.96. The second-order valence-electron chi connectivity index (χ2n) is 7.23. The molecule has 0 radical (unpaired) electrons. The van der Waals surface area contributed by atoms with Crippen molar-refractivity contribution in [2.24, 2.45) is 0 Å². The summed E-state index contributed by atoms with van der Waals surface area (Å²) in [5.74, 6) is 2.31. The highest BCUT2D eigenvalue weighted by atomic mass is 16.5. The summed E-state index contributed by atoms with van der Waals surface area (Å²) < 4.78 is 5.69. The van der Waals surface area contributed by atoms with E-state index < -0.39 is 5.54 Å². The zero-order chi connectivity index (χ0) is 18.4. The van der Waals surface area contributed by atoms with Crippen molar-refractivity contribution in [3.63, 3.8) is 0 Å². The number of hydrogen-bond donors (Lipinski definition) is 3. The minimum atomic E-state index is -0.445. The minimum Gasteiger partial charge on any atom is -0.394 e. The Bertz CT molecular complexity index is 556. The summed E-state index contributed by atoms with van der Waals surface area (Å²) in [6.07, 6.45) is 2.23. The molecule has 1 aromatic heterocycles. The number of anilines is 2. The van der Waals surface area contributed by atoms with E-state index >= 15 is 0 Å². The fraction of sp³-hybridized carbons (Fsp3) is 0.778. The van der Waals surface area contributed by atoms with E-state index in [4.69, 9.17) is 4.74 Å². The van der Waals surface area contributed by atoms with Crippen LogP contribution in [0, 0.1) is 6.92 Å². The number of ether oxygens (including phenoxy) is 1.